The summed E-state index contributed by atoms with van der Waals surface area (Å²) in [5.74, 6) is 0. The van der Waals surface area contributed by atoms with Crippen molar-refractivity contribution in [3.05, 3.63) is 24.3 Å². The van der Waals surface area contributed by atoms with Gasteiger partial charge in [0, 0.05) is 49.3 Å². The summed E-state index contributed by atoms with van der Waals surface area (Å²) in [5, 5.41) is 19.3. The highest BCUT2D eigenvalue weighted by atomic mass is 31.2. The molecule has 1 N–H and O–H groups in total. The summed E-state index contributed by atoms with van der Waals surface area (Å²) in [6.45, 7) is 0. The van der Waals surface area contributed by atoms with Gasteiger partial charge in [0.05, 0.1) is 5.52 Å². The van der Waals surface area contributed by atoms with Gasteiger partial charge in [-0.2, -0.15) is 4.68 Å². The van der Waals surface area contributed by atoms with E-state index in [2.05, 4.69) is 24.3 Å². The summed E-state index contributed by atoms with van der Waals surface area (Å²) in [7, 11) is 12.0. The van der Waals surface area contributed by atoms with Crippen molar-refractivity contribution >= 4 is 18.9 Å². The fourth-order valence-electron chi connectivity index (χ4n) is 3.27. The largest absolute Gasteiger partial charge is 0.357 e. The van der Waals surface area contributed by atoms with Gasteiger partial charge < -0.3 is 5.11 Å². The van der Waals surface area contributed by atoms with Crippen molar-refractivity contribution < 1.29 is 5.11 Å². The minimum absolute atomic E-state index is 0.767. The van der Waals surface area contributed by atoms with Crippen LogP contribution < -0.4 is 0 Å². The topological polar surface area (TPSA) is 63.9 Å². The third kappa shape index (κ3) is 2.87. The number of nitrogens with zero attached hydrogens (tertiary/aromatic N) is 7. The lowest BCUT2D eigenvalue weighted by Gasteiger charge is -2.44. The predicted molar refractivity (Wildman–Crippen MR) is 94.5 cm³/mol. The van der Waals surface area contributed by atoms with Gasteiger partial charge in [0.1, 0.15) is 5.52 Å². The number of fused-ring (bicyclic) bond motifs is 1. The summed E-state index contributed by atoms with van der Waals surface area (Å²) in [4.78, 5) is 0. The molecular weight excluding hydrogens is 313 g/mol. The molecule has 0 aliphatic heterocycles. The molecule has 23 heavy (non-hydrogen) atoms. The lowest BCUT2D eigenvalue weighted by molar-refractivity contribution is -0.00713. The standard InChI is InChI=1S/C14H27N7OP/c1-17(2)23(18(3)4,19(5)6)20(7)14(22)21-13-11-9-8-10-12(13)15-16-21/h8-11,14,22H,1-7H3/q+1. The molecule has 0 spiro atoms. The van der Waals surface area contributed by atoms with E-state index in [9.17, 15) is 5.11 Å². The molecule has 1 unspecified atom stereocenters. The molecule has 128 valence electrons. The molecule has 0 amide bonds. The first-order chi connectivity index (χ1) is 10.7. The molecule has 0 saturated heterocycles. The molecule has 8 nitrogen and oxygen atoms in total. The lowest BCUT2D eigenvalue weighted by atomic mass is 10.3. The first-order valence-corrected chi connectivity index (χ1v) is 8.98. The average molecular weight is 340 g/mol. The Morgan fingerprint density at radius 3 is 2.00 bits per heavy atom. The second-order valence-corrected chi connectivity index (χ2v) is 10.1. The highest BCUT2D eigenvalue weighted by Crippen LogP contribution is 2.67. The molecule has 2 rings (SSSR count). The maximum Gasteiger partial charge on any atom is 0.311 e. The van der Waals surface area contributed by atoms with Crippen molar-refractivity contribution in [3.63, 3.8) is 0 Å². The summed E-state index contributed by atoms with van der Waals surface area (Å²) in [6.07, 6.45) is -0.928. The number of aromatic nitrogens is 3. The van der Waals surface area contributed by atoms with E-state index < -0.39 is 14.2 Å². The molecular formula is C14H27N7OP+. The van der Waals surface area contributed by atoms with E-state index in [1.165, 1.54) is 0 Å². The van der Waals surface area contributed by atoms with Gasteiger partial charge in [-0.25, -0.2) is 0 Å². The lowest BCUT2D eigenvalue weighted by Crippen LogP contribution is -2.47. The highest BCUT2D eigenvalue weighted by molar-refractivity contribution is 7.66. The van der Waals surface area contributed by atoms with Crippen molar-refractivity contribution in [1.29, 1.82) is 0 Å². The summed E-state index contributed by atoms with van der Waals surface area (Å²) in [5.41, 5.74) is 1.57. The van der Waals surface area contributed by atoms with Crippen molar-refractivity contribution in [1.82, 2.24) is 33.7 Å². The summed E-state index contributed by atoms with van der Waals surface area (Å²) >= 11 is 0. The molecule has 1 aromatic heterocycles. The van der Waals surface area contributed by atoms with Crippen LogP contribution in [-0.4, -0.2) is 88.1 Å². The average Bonchev–Trinajstić information content (AvgIpc) is 2.89. The highest BCUT2D eigenvalue weighted by Gasteiger charge is 2.55. The molecule has 1 heterocycles. The molecule has 9 heteroatoms. The van der Waals surface area contributed by atoms with Gasteiger partial charge in [0.25, 0.3) is 0 Å². The Kier molecular flexibility index (Phi) is 5.35. The van der Waals surface area contributed by atoms with Gasteiger partial charge in [-0.3, -0.25) is 0 Å². The van der Waals surface area contributed by atoms with Gasteiger partial charge in [-0.05, 0) is 12.1 Å². The number of hydrogen-bond acceptors (Lipinski definition) is 7. The maximum atomic E-state index is 11.0. The SMILES string of the molecule is CN(C)[P+](N(C)C)(N(C)C)N(C)C(O)n1nnc2ccccc21. The Labute approximate surface area is 138 Å². The Morgan fingerprint density at radius 1 is 0.957 bits per heavy atom. The summed E-state index contributed by atoms with van der Waals surface area (Å²) in [6, 6.07) is 7.63. The predicted octanol–water partition coefficient (Wildman–Crippen LogP) is 1.17. The smallest absolute Gasteiger partial charge is 0.311 e. The van der Waals surface area contributed by atoms with Crippen LogP contribution in [0.2, 0.25) is 0 Å². The van der Waals surface area contributed by atoms with E-state index >= 15 is 0 Å². The molecule has 0 saturated carbocycles. The number of aliphatic hydroxyl groups is 1. The number of para-hydroxylation sites is 1. The van der Waals surface area contributed by atoms with Crippen LogP contribution in [0.3, 0.4) is 0 Å². The number of benzene rings is 1. The first-order valence-electron chi connectivity index (χ1n) is 7.38. The van der Waals surface area contributed by atoms with Crippen molar-refractivity contribution in [3.8, 4) is 0 Å². The molecule has 0 aliphatic carbocycles. The number of rotatable bonds is 6. The van der Waals surface area contributed by atoms with Crippen LogP contribution in [0.5, 0.6) is 0 Å². The van der Waals surface area contributed by atoms with Gasteiger partial charge in [-0.15, -0.1) is 19.1 Å². The van der Waals surface area contributed by atoms with E-state index in [-0.39, 0.29) is 0 Å². The molecule has 1 aromatic carbocycles. The van der Waals surface area contributed by atoms with Crippen LogP contribution in [0, 0.1) is 0 Å². The second-order valence-electron chi connectivity index (χ2n) is 6.02. The van der Waals surface area contributed by atoms with Crippen molar-refractivity contribution in [2.45, 2.75) is 6.35 Å². The zero-order chi connectivity index (χ0) is 17.4. The molecule has 0 aliphatic rings. The van der Waals surface area contributed by atoms with E-state index in [1.807, 2.05) is 78.3 Å². The van der Waals surface area contributed by atoms with E-state index in [0.29, 0.717) is 0 Å². The Balaban J connectivity index is 2.49. The molecule has 1 atom stereocenters. The van der Waals surface area contributed by atoms with Gasteiger partial charge in [-0.1, -0.05) is 22.0 Å². The third-order valence-corrected chi connectivity index (χ3v) is 8.24. The van der Waals surface area contributed by atoms with E-state index in [4.69, 9.17) is 0 Å². The van der Waals surface area contributed by atoms with Crippen molar-refractivity contribution in [2.75, 3.05) is 49.3 Å². The molecule has 2 aromatic rings. The van der Waals surface area contributed by atoms with Crippen molar-refractivity contribution in [2.24, 2.45) is 0 Å². The van der Waals surface area contributed by atoms with Crippen LogP contribution in [-0.2, 0) is 0 Å². The second kappa shape index (κ2) is 6.76. The Hall–Kier alpha value is -1.15. The van der Waals surface area contributed by atoms with Crippen LogP contribution in [0.4, 0.5) is 0 Å². The minimum atomic E-state index is -2.08. The molecule has 0 bridgehead atoms. The zero-order valence-corrected chi connectivity index (χ0v) is 15.8. The van der Waals surface area contributed by atoms with Crippen LogP contribution in [0.25, 0.3) is 11.0 Å². The Morgan fingerprint density at radius 2 is 1.48 bits per heavy atom. The first kappa shape index (κ1) is 18.2. The fraction of sp³-hybridized carbons (Fsp3) is 0.571. The fourth-order valence-corrected chi connectivity index (χ4v) is 7.49. The van der Waals surface area contributed by atoms with E-state index in [1.54, 1.807) is 4.68 Å². The summed E-state index contributed by atoms with van der Waals surface area (Å²) < 4.78 is 9.95. The van der Waals surface area contributed by atoms with Gasteiger partial charge >= 0.3 is 7.87 Å². The quantitative estimate of drug-likeness (QED) is 0.626. The normalized spacial score (nSPS) is 14.6. The molecule has 0 radical (unpaired) electrons. The van der Waals surface area contributed by atoms with Crippen LogP contribution in [0.1, 0.15) is 6.35 Å². The molecule has 0 fully saturated rings. The maximum absolute atomic E-state index is 11.0. The Bertz CT molecular complexity index is 636. The third-order valence-electron chi connectivity index (χ3n) is 3.96. The zero-order valence-electron chi connectivity index (χ0n) is 14.9. The van der Waals surface area contributed by atoms with Gasteiger partial charge in [0.15, 0.2) is 0 Å². The minimum Gasteiger partial charge on any atom is -0.357 e. The monoisotopic (exact) mass is 340 g/mol. The number of aliphatic hydroxyl groups excluding tert-OH is 1. The van der Waals surface area contributed by atoms with Crippen LogP contribution >= 0.6 is 7.87 Å². The van der Waals surface area contributed by atoms with Crippen LogP contribution in [0.15, 0.2) is 24.3 Å². The van der Waals surface area contributed by atoms with E-state index in [0.717, 1.165) is 11.0 Å². The van der Waals surface area contributed by atoms with Gasteiger partial charge in [0.2, 0.25) is 6.35 Å². The number of hydrogen-bond donors (Lipinski definition) is 1.